The lowest BCUT2D eigenvalue weighted by molar-refractivity contribution is 0.0955. The van der Waals surface area contributed by atoms with E-state index in [1.807, 2.05) is 6.92 Å². The van der Waals surface area contributed by atoms with Gasteiger partial charge in [-0.1, -0.05) is 17.7 Å². The molecule has 0 bridgehead atoms. The molecule has 3 aromatic rings. The molecule has 2 N–H and O–H groups in total. The summed E-state index contributed by atoms with van der Waals surface area (Å²) >= 11 is 0. The molecule has 158 valence electrons. The monoisotopic (exact) mass is 437 g/mol. The van der Waals surface area contributed by atoms with Crippen LogP contribution < -0.4 is 19.6 Å². The van der Waals surface area contributed by atoms with Gasteiger partial charge >= 0.3 is 0 Å². The SMILES string of the molecule is Cc1ccc(S(=O)(=O)Nc2ccc(C(=O)N/N=C/c3ccc4c(c3)OCO4)cc2)cc1. The molecule has 31 heavy (non-hydrogen) atoms. The summed E-state index contributed by atoms with van der Waals surface area (Å²) in [6, 6.07) is 17.9. The Morgan fingerprint density at radius 1 is 0.968 bits per heavy atom. The highest BCUT2D eigenvalue weighted by molar-refractivity contribution is 7.92. The van der Waals surface area contributed by atoms with Gasteiger partial charge in [-0.25, -0.2) is 13.8 Å². The molecule has 0 aliphatic carbocycles. The van der Waals surface area contributed by atoms with E-state index in [1.165, 1.54) is 42.6 Å². The van der Waals surface area contributed by atoms with Crippen LogP contribution in [0.3, 0.4) is 0 Å². The third-order valence-corrected chi connectivity index (χ3v) is 5.90. The second kappa shape index (κ2) is 8.49. The number of benzene rings is 3. The number of hydrazone groups is 1. The molecule has 9 heteroatoms. The normalized spacial score (nSPS) is 12.7. The Labute approximate surface area is 179 Å². The summed E-state index contributed by atoms with van der Waals surface area (Å²) in [6.07, 6.45) is 1.49. The van der Waals surface area contributed by atoms with Gasteiger partial charge in [0.25, 0.3) is 15.9 Å². The summed E-state index contributed by atoms with van der Waals surface area (Å²) < 4.78 is 37.9. The standard InChI is InChI=1S/C22H19N3O5S/c1-15-2-9-19(10-3-15)31(27,28)25-18-7-5-17(6-8-18)22(26)24-23-13-16-4-11-20-21(12-16)30-14-29-20/h2-13,25H,14H2,1H3,(H,24,26)/b23-13+. The number of hydrogen-bond donors (Lipinski definition) is 2. The van der Waals surface area contributed by atoms with E-state index >= 15 is 0 Å². The van der Waals surface area contributed by atoms with E-state index in [0.717, 1.165) is 11.1 Å². The van der Waals surface area contributed by atoms with Crippen molar-refractivity contribution < 1.29 is 22.7 Å². The lowest BCUT2D eigenvalue weighted by atomic mass is 10.2. The molecule has 0 aromatic heterocycles. The number of aryl methyl sites for hydroxylation is 1. The van der Waals surface area contributed by atoms with Crippen LogP contribution in [0.4, 0.5) is 5.69 Å². The summed E-state index contributed by atoms with van der Waals surface area (Å²) in [5, 5.41) is 3.94. The van der Waals surface area contributed by atoms with Gasteiger partial charge in [0.15, 0.2) is 11.5 Å². The zero-order valence-corrected chi connectivity index (χ0v) is 17.3. The van der Waals surface area contributed by atoms with Crippen molar-refractivity contribution >= 4 is 27.8 Å². The van der Waals surface area contributed by atoms with Crippen molar-refractivity contribution in [1.82, 2.24) is 5.43 Å². The smallest absolute Gasteiger partial charge is 0.271 e. The van der Waals surface area contributed by atoms with Gasteiger partial charge in [0, 0.05) is 11.3 Å². The van der Waals surface area contributed by atoms with Gasteiger partial charge in [-0.3, -0.25) is 9.52 Å². The number of nitrogens with one attached hydrogen (secondary N) is 2. The van der Waals surface area contributed by atoms with Crippen LogP contribution in [0.5, 0.6) is 11.5 Å². The fourth-order valence-corrected chi connectivity index (χ4v) is 3.90. The average molecular weight is 437 g/mol. The first kappa shape index (κ1) is 20.4. The molecule has 4 rings (SSSR count). The number of carbonyl (C=O) groups excluding carboxylic acids is 1. The predicted octanol–water partition coefficient (Wildman–Crippen LogP) is 3.29. The van der Waals surface area contributed by atoms with Gasteiger partial charge < -0.3 is 9.47 Å². The molecule has 3 aromatic carbocycles. The highest BCUT2D eigenvalue weighted by atomic mass is 32.2. The molecule has 0 saturated carbocycles. The minimum absolute atomic E-state index is 0.165. The summed E-state index contributed by atoms with van der Waals surface area (Å²) in [6.45, 7) is 2.07. The highest BCUT2D eigenvalue weighted by Gasteiger charge is 2.15. The molecule has 0 radical (unpaired) electrons. The van der Waals surface area contributed by atoms with Gasteiger partial charge in [-0.15, -0.1) is 0 Å². The molecule has 1 aliphatic heterocycles. The number of carbonyl (C=O) groups is 1. The van der Waals surface area contributed by atoms with Crippen LogP contribution in [0.15, 0.2) is 76.7 Å². The fourth-order valence-electron chi connectivity index (χ4n) is 2.84. The van der Waals surface area contributed by atoms with E-state index in [0.29, 0.717) is 22.7 Å². The second-order valence-corrected chi connectivity index (χ2v) is 8.49. The maximum Gasteiger partial charge on any atom is 0.271 e. The van der Waals surface area contributed by atoms with E-state index in [4.69, 9.17) is 9.47 Å². The van der Waals surface area contributed by atoms with Gasteiger partial charge in [0.2, 0.25) is 6.79 Å². The molecule has 0 spiro atoms. The van der Waals surface area contributed by atoms with E-state index in [9.17, 15) is 13.2 Å². The Morgan fingerprint density at radius 3 is 2.42 bits per heavy atom. The minimum atomic E-state index is -3.71. The van der Waals surface area contributed by atoms with Gasteiger partial charge in [-0.05, 0) is 67.1 Å². The van der Waals surface area contributed by atoms with Crippen LogP contribution >= 0.6 is 0 Å². The number of anilines is 1. The van der Waals surface area contributed by atoms with Gasteiger partial charge in [0.1, 0.15) is 0 Å². The lowest BCUT2D eigenvalue weighted by Gasteiger charge is -2.09. The van der Waals surface area contributed by atoms with Crippen LogP contribution in [0.1, 0.15) is 21.5 Å². The van der Waals surface area contributed by atoms with Crippen LogP contribution in [-0.2, 0) is 10.0 Å². The molecule has 1 amide bonds. The zero-order chi connectivity index (χ0) is 21.8. The van der Waals surface area contributed by atoms with Crippen molar-refractivity contribution in [3.8, 4) is 11.5 Å². The Morgan fingerprint density at radius 2 is 1.68 bits per heavy atom. The summed E-state index contributed by atoms with van der Waals surface area (Å²) in [5.74, 6) is 0.864. The Hall–Kier alpha value is -3.85. The number of nitrogens with zero attached hydrogens (tertiary/aromatic N) is 1. The molecule has 8 nitrogen and oxygen atoms in total. The molecule has 0 saturated heterocycles. The zero-order valence-electron chi connectivity index (χ0n) is 16.5. The van der Waals surface area contributed by atoms with Crippen LogP contribution in [0.2, 0.25) is 0 Å². The van der Waals surface area contributed by atoms with E-state index in [2.05, 4.69) is 15.2 Å². The third kappa shape index (κ3) is 4.84. The summed E-state index contributed by atoms with van der Waals surface area (Å²) in [5.41, 5.74) is 4.83. The number of ether oxygens (including phenoxy) is 2. The number of hydrogen-bond acceptors (Lipinski definition) is 6. The Bertz CT molecular complexity index is 1240. The Balaban J connectivity index is 1.37. The van der Waals surface area contributed by atoms with Crippen LogP contribution in [0.25, 0.3) is 0 Å². The number of sulfonamides is 1. The number of fused-ring (bicyclic) bond motifs is 1. The van der Waals surface area contributed by atoms with Gasteiger partial charge in [-0.2, -0.15) is 5.10 Å². The lowest BCUT2D eigenvalue weighted by Crippen LogP contribution is -2.18. The molecule has 0 fully saturated rings. The first-order chi connectivity index (χ1) is 14.9. The molecule has 1 aliphatic rings. The fraction of sp³-hybridized carbons (Fsp3) is 0.0909. The predicted molar refractivity (Wildman–Crippen MR) is 116 cm³/mol. The second-order valence-electron chi connectivity index (χ2n) is 6.81. The van der Waals surface area contributed by atoms with Crippen molar-refractivity contribution in [3.05, 3.63) is 83.4 Å². The maximum absolute atomic E-state index is 12.5. The van der Waals surface area contributed by atoms with Crippen molar-refractivity contribution in [2.75, 3.05) is 11.5 Å². The molecule has 0 unspecified atom stereocenters. The van der Waals surface area contributed by atoms with Gasteiger partial charge in [0.05, 0.1) is 11.1 Å². The number of amides is 1. The molecular weight excluding hydrogens is 418 g/mol. The number of rotatable bonds is 6. The summed E-state index contributed by atoms with van der Waals surface area (Å²) in [7, 11) is -3.71. The highest BCUT2D eigenvalue weighted by Crippen LogP contribution is 2.31. The molecule has 0 atom stereocenters. The Kier molecular flexibility index (Phi) is 5.59. The topological polar surface area (TPSA) is 106 Å². The van der Waals surface area contributed by atoms with E-state index in [1.54, 1.807) is 30.3 Å². The first-order valence-corrected chi connectivity index (χ1v) is 10.8. The van der Waals surface area contributed by atoms with E-state index < -0.39 is 15.9 Å². The quantitative estimate of drug-likeness (QED) is 0.455. The van der Waals surface area contributed by atoms with Crippen molar-refractivity contribution in [3.63, 3.8) is 0 Å². The molecule has 1 heterocycles. The molecular formula is C22H19N3O5S. The largest absolute Gasteiger partial charge is 0.454 e. The van der Waals surface area contributed by atoms with Crippen molar-refractivity contribution in [2.45, 2.75) is 11.8 Å². The first-order valence-electron chi connectivity index (χ1n) is 9.33. The van der Waals surface area contributed by atoms with Crippen molar-refractivity contribution in [1.29, 1.82) is 0 Å². The van der Waals surface area contributed by atoms with Crippen LogP contribution in [-0.4, -0.2) is 27.3 Å². The minimum Gasteiger partial charge on any atom is -0.454 e. The van der Waals surface area contributed by atoms with Crippen LogP contribution in [0, 0.1) is 6.92 Å². The third-order valence-electron chi connectivity index (χ3n) is 4.51. The summed E-state index contributed by atoms with van der Waals surface area (Å²) in [4.78, 5) is 12.4. The average Bonchev–Trinajstić information content (AvgIpc) is 3.22. The van der Waals surface area contributed by atoms with Crippen molar-refractivity contribution in [2.24, 2.45) is 5.10 Å². The van der Waals surface area contributed by atoms with E-state index in [-0.39, 0.29) is 11.7 Å². The maximum atomic E-state index is 12.5.